The molecule has 2 unspecified atom stereocenters. The topological polar surface area (TPSA) is 18.5 Å². The van der Waals surface area contributed by atoms with Crippen LogP contribution in [0.3, 0.4) is 0 Å². The van der Waals surface area contributed by atoms with E-state index in [0.717, 1.165) is 22.1 Å². The Labute approximate surface area is 134 Å². The van der Waals surface area contributed by atoms with Gasteiger partial charge in [-0.2, -0.15) is 0 Å². The van der Waals surface area contributed by atoms with Gasteiger partial charge in [-0.05, 0) is 43.2 Å². The fraction of sp³-hybridized carbons (Fsp3) is 0.625. The number of benzene rings is 1. The maximum absolute atomic E-state index is 6.43. The van der Waals surface area contributed by atoms with E-state index in [2.05, 4.69) is 29.8 Å². The first-order valence-corrected chi connectivity index (χ1v) is 8.43. The van der Waals surface area contributed by atoms with Gasteiger partial charge >= 0.3 is 0 Å². The summed E-state index contributed by atoms with van der Waals surface area (Å²) in [6.07, 6.45) is 1.22. The van der Waals surface area contributed by atoms with Crippen LogP contribution in [-0.2, 0) is 0 Å². The van der Waals surface area contributed by atoms with Crippen LogP contribution in [0.4, 0.5) is 0 Å². The van der Waals surface area contributed by atoms with E-state index in [1.54, 1.807) is 0 Å². The van der Waals surface area contributed by atoms with Gasteiger partial charge in [0, 0.05) is 15.9 Å². The molecule has 20 heavy (non-hydrogen) atoms. The van der Waals surface area contributed by atoms with Crippen LogP contribution in [-0.4, -0.2) is 13.2 Å². The summed E-state index contributed by atoms with van der Waals surface area (Å²) in [4.78, 5) is 0.264. The minimum atomic E-state index is 0.264. The van der Waals surface area contributed by atoms with E-state index >= 15 is 0 Å². The Balaban J connectivity index is 2.31. The van der Waals surface area contributed by atoms with E-state index in [1.165, 1.54) is 6.42 Å². The first kappa shape index (κ1) is 16.0. The highest BCUT2D eigenvalue weighted by molar-refractivity contribution is 9.09. The van der Waals surface area contributed by atoms with E-state index in [0.29, 0.717) is 24.5 Å². The molecule has 2 nitrogen and oxygen atoms in total. The summed E-state index contributed by atoms with van der Waals surface area (Å²) in [5.41, 5.74) is 1.48. The molecule has 2 rings (SSSR count). The van der Waals surface area contributed by atoms with Crippen molar-refractivity contribution in [1.82, 2.24) is 0 Å². The average molecular weight is 362 g/mol. The Kier molecular flexibility index (Phi) is 4.91. The molecule has 4 heteroatoms. The minimum Gasteiger partial charge on any atom is -0.490 e. The van der Waals surface area contributed by atoms with Gasteiger partial charge in [-0.1, -0.05) is 41.4 Å². The number of rotatable bonds is 6. The Morgan fingerprint density at radius 1 is 1.25 bits per heavy atom. The van der Waals surface area contributed by atoms with Crippen molar-refractivity contribution in [3.05, 3.63) is 22.7 Å². The van der Waals surface area contributed by atoms with Gasteiger partial charge in [0.25, 0.3) is 0 Å². The van der Waals surface area contributed by atoms with E-state index in [1.807, 2.05) is 26.0 Å². The van der Waals surface area contributed by atoms with Gasteiger partial charge in [0.05, 0.1) is 13.2 Å². The molecule has 1 fully saturated rings. The van der Waals surface area contributed by atoms with E-state index < -0.39 is 0 Å². The third-order valence-electron chi connectivity index (χ3n) is 3.90. The predicted molar refractivity (Wildman–Crippen MR) is 87.3 cm³/mol. The fourth-order valence-corrected chi connectivity index (χ4v) is 4.21. The quantitative estimate of drug-likeness (QED) is 0.612. The minimum absolute atomic E-state index is 0.264. The maximum atomic E-state index is 6.43. The molecule has 0 amide bonds. The Morgan fingerprint density at radius 2 is 1.75 bits per heavy atom. The van der Waals surface area contributed by atoms with Crippen molar-refractivity contribution >= 4 is 27.5 Å². The largest absolute Gasteiger partial charge is 0.490 e. The highest BCUT2D eigenvalue weighted by Crippen LogP contribution is 2.61. The summed E-state index contributed by atoms with van der Waals surface area (Å²) < 4.78 is 11.3. The number of hydrogen-bond acceptors (Lipinski definition) is 2. The summed E-state index contributed by atoms with van der Waals surface area (Å²) >= 11 is 10.2. The maximum Gasteiger partial charge on any atom is 0.162 e. The van der Waals surface area contributed by atoms with Crippen LogP contribution in [0.15, 0.2) is 12.1 Å². The first-order chi connectivity index (χ1) is 9.40. The third kappa shape index (κ3) is 3.25. The summed E-state index contributed by atoms with van der Waals surface area (Å²) in [6, 6.07) is 3.89. The highest BCUT2D eigenvalue weighted by Gasteiger charge is 2.50. The second kappa shape index (κ2) is 6.15. The molecule has 0 heterocycles. The molecule has 112 valence electrons. The SMILES string of the molecule is CCOc1cc(Cl)c(C(Br)C2CC2(C)C)cc1OCC. The van der Waals surface area contributed by atoms with Crippen molar-refractivity contribution in [3.63, 3.8) is 0 Å². The van der Waals surface area contributed by atoms with Gasteiger partial charge in [0.15, 0.2) is 11.5 Å². The second-order valence-electron chi connectivity index (χ2n) is 5.89. The summed E-state index contributed by atoms with van der Waals surface area (Å²) in [5, 5.41) is 0.737. The number of halogens is 2. The molecule has 1 aromatic rings. The van der Waals surface area contributed by atoms with Crippen molar-refractivity contribution in [2.75, 3.05) is 13.2 Å². The van der Waals surface area contributed by atoms with Gasteiger partial charge in [-0.15, -0.1) is 0 Å². The van der Waals surface area contributed by atoms with Crippen molar-refractivity contribution in [2.24, 2.45) is 11.3 Å². The van der Waals surface area contributed by atoms with Gasteiger partial charge in [-0.25, -0.2) is 0 Å². The van der Waals surface area contributed by atoms with Crippen LogP contribution in [0, 0.1) is 11.3 Å². The van der Waals surface area contributed by atoms with E-state index in [4.69, 9.17) is 21.1 Å². The zero-order valence-electron chi connectivity index (χ0n) is 12.5. The number of alkyl halides is 1. The Morgan fingerprint density at radius 3 is 2.20 bits per heavy atom. The van der Waals surface area contributed by atoms with Crippen LogP contribution in [0.2, 0.25) is 5.02 Å². The molecule has 0 radical (unpaired) electrons. The molecular formula is C16H22BrClO2. The second-order valence-corrected chi connectivity index (χ2v) is 7.28. The zero-order valence-corrected chi connectivity index (χ0v) is 14.8. The van der Waals surface area contributed by atoms with Crippen LogP contribution in [0.5, 0.6) is 11.5 Å². The summed E-state index contributed by atoms with van der Waals surface area (Å²) in [5.74, 6) is 2.11. The lowest BCUT2D eigenvalue weighted by Crippen LogP contribution is -2.03. The van der Waals surface area contributed by atoms with Gasteiger partial charge < -0.3 is 9.47 Å². The molecule has 0 bridgehead atoms. The van der Waals surface area contributed by atoms with Crippen LogP contribution in [0.25, 0.3) is 0 Å². The average Bonchev–Trinajstić information content (AvgIpc) is 3.01. The highest BCUT2D eigenvalue weighted by atomic mass is 79.9. The van der Waals surface area contributed by atoms with Crippen LogP contribution >= 0.6 is 27.5 Å². The molecule has 0 spiro atoms. The molecule has 1 aliphatic rings. The number of hydrogen-bond donors (Lipinski definition) is 0. The summed E-state index contributed by atoms with van der Waals surface area (Å²) in [7, 11) is 0. The standard InChI is InChI=1S/C16H22BrClO2/c1-5-19-13-7-10(12(18)8-14(13)20-6-2)15(17)11-9-16(11,3)4/h7-8,11,15H,5-6,9H2,1-4H3. The smallest absolute Gasteiger partial charge is 0.162 e. The van der Waals surface area contributed by atoms with Gasteiger partial charge in [-0.3, -0.25) is 0 Å². The third-order valence-corrected chi connectivity index (χ3v) is 5.36. The zero-order chi connectivity index (χ0) is 14.9. The normalized spacial score (nSPS) is 21.4. The van der Waals surface area contributed by atoms with Crippen molar-refractivity contribution in [3.8, 4) is 11.5 Å². The molecule has 2 atom stereocenters. The van der Waals surface area contributed by atoms with Crippen LogP contribution < -0.4 is 9.47 Å². The molecule has 0 N–H and O–H groups in total. The molecular weight excluding hydrogens is 340 g/mol. The molecule has 0 saturated heterocycles. The summed E-state index contributed by atoms with van der Waals surface area (Å²) in [6.45, 7) is 9.72. The molecule has 0 aromatic heterocycles. The lowest BCUT2D eigenvalue weighted by atomic mass is 10.0. The lowest BCUT2D eigenvalue weighted by Gasteiger charge is -2.18. The molecule has 0 aliphatic heterocycles. The molecule has 1 saturated carbocycles. The van der Waals surface area contributed by atoms with E-state index in [9.17, 15) is 0 Å². The Bertz CT molecular complexity index is 488. The van der Waals surface area contributed by atoms with Crippen LogP contribution in [0.1, 0.15) is 44.5 Å². The van der Waals surface area contributed by atoms with Crippen molar-refractivity contribution < 1.29 is 9.47 Å². The number of ether oxygens (including phenoxy) is 2. The first-order valence-electron chi connectivity index (χ1n) is 7.13. The van der Waals surface area contributed by atoms with E-state index in [-0.39, 0.29) is 4.83 Å². The van der Waals surface area contributed by atoms with Crippen molar-refractivity contribution in [2.45, 2.75) is 38.9 Å². The Hall–Kier alpha value is -0.410. The lowest BCUT2D eigenvalue weighted by molar-refractivity contribution is 0.287. The fourth-order valence-electron chi connectivity index (χ4n) is 2.52. The molecule has 1 aromatic carbocycles. The predicted octanol–water partition coefficient (Wildman–Crippen LogP) is 5.62. The van der Waals surface area contributed by atoms with Gasteiger partial charge in [0.2, 0.25) is 0 Å². The van der Waals surface area contributed by atoms with Crippen molar-refractivity contribution in [1.29, 1.82) is 0 Å². The molecule has 1 aliphatic carbocycles. The van der Waals surface area contributed by atoms with Gasteiger partial charge in [0.1, 0.15) is 0 Å². The monoisotopic (exact) mass is 360 g/mol.